The number of tetrazole rings is 1. The number of carbonyl (C=O) groups excluding carboxylic acids is 1. The van der Waals surface area contributed by atoms with E-state index in [-0.39, 0.29) is 11.5 Å². The Kier molecular flexibility index (Phi) is 7.06. The number of rotatable bonds is 9. The van der Waals surface area contributed by atoms with Crippen LogP contribution in [0.1, 0.15) is 46.8 Å². The molecule has 1 aliphatic carbocycles. The highest BCUT2D eigenvalue weighted by Crippen LogP contribution is 2.39. The van der Waals surface area contributed by atoms with Gasteiger partial charge in [0, 0.05) is 27.1 Å². The van der Waals surface area contributed by atoms with Crippen molar-refractivity contribution < 1.29 is 24.3 Å². The normalized spacial score (nSPS) is 13.7. The van der Waals surface area contributed by atoms with Gasteiger partial charge in [-0.1, -0.05) is 24.4 Å². The molecule has 1 saturated carbocycles. The number of aromatic nitrogens is 5. The Bertz CT molecular complexity index is 1500. The number of anilines is 1. The molecule has 194 valence electrons. The second-order valence-corrected chi connectivity index (χ2v) is 9.76. The fourth-order valence-corrected chi connectivity index (χ4v) is 4.67. The SMILES string of the molecule is CO[n+]1cc(-c2cc(Cl)ccc2-n2cnnn2)ccc1C(CC1CC1)C(=O)Nc1ccc(C(=O)O)cc1C. The zero-order valence-corrected chi connectivity index (χ0v) is 21.6. The number of nitrogens with one attached hydrogen (secondary N) is 1. The van der Waals surface area contributed by atoms with E-state index < -0.39 is 11.9 Å². The predicted octanol–water partition coefficient (Wildman–Crippen LogP) is 3.86. The Morgan fingerprint density at radius 2 is 2.03 bits per heavy atom. The van der Waals surface area contributed by atoms with Gasteiger partial charge in [-0.25, -0.2) is 4.79 Å². The molecule has 5 rings (SSSR count). The van der Waals surface area contributed by atoms with Gasteiger partial charge in [0.25, 0.3) is 0 Å². The second kappa shape index (κ2) is 10.6. The van der Waals surface area contributed by atoms with E-state index in [1.54, 1.807) is 41.6 Å². The smallest absolute Gasteiger partial charge is 0.335 e. The lowest BCUT2D eigenvalue weighted by atomic mass is 9.95. The van der Waals surface area contributed by atoms with Crippen molar-refractivity contribution in [3.8, 4) is 16.8 Å². The van der Waals surface area contributed by atoms with Crippen LogP contribution in [0.2, 0.25) is 5.02 Å². The van der Waals surface area contributed by atoms with Crippen LogP contribution in [-0.4, -0.2) is 44.3 Å². The van der Waals surface area contributed by atoms with Crippen LogP contribution in [0, 0.1) is 12.8 Å². The molecule has 10 nitrogen and oxygen atoms in total. The molecule has 1 aliphatic rings. The maximum atomic E-state index is 13.6. The standard InChI is InChI=1S/C27H25ClN6O4/c1-16-11-18(27(36)37)5-8-23(16)30-26(35)22(12-17-3-4-17)25-9-6-19(14-34(25)38-2)21-13-20(28)7-10-24(21)33-15-29-31-32-33/h5-11,13-15,17,22H,3-4,12H2,1-2H3,(H-,30,35,36,37)/p+1. The molecule has 4 aromatic rings. The van der Waals surface area contributed by atoms with Crippen LogP contribution in [0.4, 0.5) is 5.69 Å². The summed E-state index contributed by atoms with van der Waals surface area (Å²) in [5.41, 5.74) is 4.45. The minimum Gasteiger partial charge on any atom is -0.478 e. The Hall–Kier alpha value is -4.31. The van der Waals surface area contributed by atoms with E-state index in [4.69, 9.17) is 16.4 Å². The van der Waals surface area contributed by atoms with Crippen LogP contribution in [-0.2, 0) is 4.79 Å². The van der Waals surface area contributed by atoms with Crippen molar-refractivity contribution in [1.82, 2.24) is 20.2 Å². The van der Waals surface area contributed by atoms with Crippen molar-refractivity contribution in [2.75, 3.05) is 12.4 Å². The molecule has 1 fully saturated rings. The summed E-state index contributed by atoms with van der Waals surface area (Å²) in [5.74, 6) is -1.21. The number of aromatic carboxylic acids is 1. The third-order valence-electron chi connectivity index (χ3n) is 6.68. The number of carboxylic acid groups (broad SMARTS) is 1. The summed E-state index contributed by atoms with van der Waals surface area (Å²) in [5, 5.41) is 24.3. The molecule has 2 N–H and O–H groups in total. The third kappa shape index (κ3) is 5.35. The van der Waals surface area contributed by atoms with E-state index in [2.05, 4.69) is 20.8 Å². The van der Waals surface area contributed by atoms with Crippen molar-refractivity contribution in [1.29, 1.82) is 0 Å². The van der Waals surface area contributed by atoms with Crippen molar-refractivity contribution in [3.63, 3.8) is 0 Å². The lowest BCUT2D eigenvalue weighted by Crippen LogP contribution is -2.47. The maximum absolute atomic E-state index is 13.6. The van der Waals surface area contributed by atoms with Crippen LogP contribution < -0.4 is 14.9 Å². The molecular formula is C27H26ClN6O4+. The van der Waals surface area contributed by atoms with Gasteiger partial charge in [0.15, 0.2) is 0 Å². The number of hydrogen-bond donors (Lipinski definition) is 2. The number of aryl methyl sites for hydroxylation is 1. The molecule has 11 heteroatoms. The molecule has 1 unspecified atom stereocenters. The van der Waals surface area contributed by atoms with Gasteiger partial charge in [-0.05, 0) is 77.7 Å². The van der Waals surface area contributed by atoms with E-state index >= 15 is 0 Å². The zero-order valence-electron chi connectivity index (χ0n) is 20.8. The number of carbonyl (C=O) groups is 2. The highest BCUT2D eigenvalue weighted by atomic mass is 35.5. The van der Waals surface area contributed by atoms with Gasteiger partial charge in [0.2, 0.25) is 17.8 Å². The van der Waals surface area contributed by atoms with E-state index in [0.29, 0.717) is 34.3 Å². The summed E-state index contributed by atoms with van der Waals surface area (Å²) in [6, 6.07) is 13.9. The first kappa shape index (κ1) is 25.3. The largest absolute Gasteiger partial charge is 0.478 e. The summed E-state index contributed by atoms with van der Waals surface area (Å²) in [4.78, 5) is 30.6. The Labute approximate surface area is 223 Å². The van der Waals surface area contributed by atoms with Crippen molar-refractivity contribution in [3.05, 3.63) is 82.9 Å². The van der Waals surface area contributed by atoms with Gasteiger partial charge in [0.1, 0.15) is 19.4 Å². The Balaban J connectivity index is 1.49. The molecule has 1 atom stereocenters. The predicted molar refractivity (Wildman–Crippen MR) is 139 cm³/mol. The molecule has 0 radical (unpaired) electrons. The molecule has 2 aromatic heterocycles. The molecule has 38 heavy (non-hydrogen) atoms. The summed E-state index contributed by atoms with van der Waals surface area (Å²) in [6.07, 6.45) is 6.16. The van der Waals surface area contributed by atoms with Gasteiger partial charge < -0.3 is 10.4 Å². The molecule has 1 amide bonds. The number of nitrogens with zero attached hydrogens (tertiary/aromatic N) is 5. The van der Waals surface area contributed by atoms with Crippen molar-refractivity contribution >= 4 is 29.2 Å². The quantitative estimate of drug-likeness (QED) is 0.313. The topological polar surface area (TPSA) is 123 Å². The summed E-state index contributed by atoms with van der Waals surface area (Å²) < 4.78 is 3.16. The van der Waals surface area contributed by atoms with Gasteiger partial charge in [-0.15, -0.1) is 5.10 Å². The van der Waals surface area contributed by atoms with Gasteiger partial charge in [0.05, 0.1) is 16.8 Å². The molecular weight excluding hydrogens is 508 g/mol. The fraction of sp³-hybridized carbons (Fsp3) is 0.259. The number of benzene rings is 2. The molecule has 0 saturated heterocycles. The Morgan fingerprint density at radius 3 is 2.68 bits per heavy atom. The zero-order chi connectivity index (χ0) is 26.8. The van der Waals surface area contributed by atoms with E-state index in [0.717, 1.165) is 29.7 Å². The molecule has 2 heterocycles. The lowest BCUT2D eigenvalue weighted by molar-refractivity contribution is -0.890. The summed E-state index contributed by atoms with van der Waals surface area (Å²) in [6.45, 7) is 1.77. The average molecular weight is 534 g/mol. The number of amides is 1. The average Bonchev–Trinajstić information content (AvgIpc) is 3.57. The molecule has 2 aromatic carbocycles. The van der Waals surface area contributed by atoms with E-state index in [1.807, 2.05) is 30.5 Å². The minimum absolute atomic E-state index is 0.171. The third-order valence-corrected chi connectivity index (χ3v) is 6.91. The van der Waals surface area contributed by atoms with Crippen LogP contribution in [0.3, 0.4) is 0 Å². The monoisotopic (exact) mass is 533 g/mol. The van der Waals surface area contributed by atoms with Crippen LogP contribution in [0.15, 0.2) is 61.1 Å². The first-order valence-corrected chi connectivity index (χ1v) is 12.5. The van der Waals surface area contributed by atoms with E-state index in [9.17, 15) is 14.7 Å². The highest BCUT2D eigenvalue weighted by Gasteiger charge is 2.37. The fourth-order valence-electron chi connectivity index (χ4n) is 4.50. The summed E-state index contributed by atoms with van der Waals surface area (Å²) >= 11 is 6.32. The number of carboxylic acids is 1. The maximum Gasteiger partial charge on any atom is 0.335 e. The first-order valence-electron chi connectivity index (χ1n) is 12.1. The number of hydrogen-bond acceptors (Lipinski definition) is 6. The van der Waals surface area contributed by atoms with Gasteiger partial charge in [-0.3, -0.25) is 9.63 Å². The van der Waals surface area contributed by atoms with E-state index in [1.165, 1.54) is 12.4 Å². The van der Waals surface area contributed by atoms with Gasteiger partial charge >= 0.3 is 5.97 Å². The molecule has 0 bridgehead atoms. The van der Waals surface area contributed by atoms with Crippen LogP contribution in [0.5, 0.6) is 0 Å². The Morgan fingerprint density at radius 1 is 1.21 bits per heavy atom. The highest BCUT2D eigenvalue weighted by molar-refractivity contribution is 6.31. The summed E-state index contributed by atoms with van der Waals surface area (Å²) in [7, 11) is 1.55. The van der Waals surface area contributed by atoms with Crippen LogP contribution >= 0.6 is 11.6 Å². The number of pyridine rings is 1. The van der Waals surface area contributed by atoms with Gasteiger partial charge in [-0.2, -0.15) is 4.68 Å². The molecule has 0 aliphatic heterocycles. The molecule has 0 spiro atoms. The van der Waals surface area contributed by atoms with Crippen molar-refractivity contribution in [2.45, 2.75) is 32.1 Å². The lowest BCUT2D eigenvalue weighted by Gasteiger charge is -2.17. The van der Waals surface area contributed by atoms with Crippen molar-refractivity contribution in [2.24, 2.45) is 5.92 Å². The number of halogens is 1. The minimum atomic E-state index is -1.01. The second-order valence-electron chi connectivity index (χ2n) is 9.32. The van der Waals surface area contributed by atoms with Crippen LogP contribution in [0.25, 0.3) is 16.8 Å². The first-order chi connectivity index (χ1) is 18.3.